The van der Waals surface area contributed by atoms with Gasteiger partial charge in [0.2, 0.25) is 0 Å². The molecule has 0 unspecified atom stereocenters. The third-order valence-electron chi connectivity index (χ3n) is 3.27. The van der Waals surface area contributed by atoms with Crippen LogP contribution in [0.25, 0.3) is 0 Å². The largest absolute Gasteiger partial charge is 0.398 e. The fourth-order valence-electron chi connectivity index (χ4n) is 2.20. The molecule has 3 heteroatoms. The lowest BCUT2D eigenvalue weighted by Crippen LogP contribution is -1.98. The first kappa shape index (κ1) is 13.7. The van der Waals surface area contributed by atoms with Crippen molar-refractivity contribution in [3.63, 3.8) is 0 Å². The number of pyridine rings is 1. The Morgan fingerprint density at radius 1 is 0.810 bits per heavy atom. The number of aromatic nitrogens is 1. The van der Waals surface area contributed by atoms with Crippen LogP contribution in [0.4, 0.5) is 5.69 Å². The van der Waals surface area contributed by atoms with Gasteiger partial charge in [-0.2, -0.15) is 0 Å². The second-order valence-electron chi connectivity index (χ2n) is 4.73. The second-order valence-corrected chi connectivity index (χ2v) is 5.88. The number of nitrogen functional groups attached to an aromatic ring is 1. The summed E-state index contributed by atoms with van der Waals surface area (Å²) in [4.78, 5) is 5.19. The maximum atomic E-state index is 6.06. The Morgan fingerprint density at radius 2 is 1.38 bits per heavy atom. The molecule has 21 heavy (non-hydrogen) atoms. The Balaban J connectivity index is 1.99. The monoisotopic (exact) mass is 292 g/mol. The maximum absolute atomic E-state index is 6.06. The van der Waals surface area contributed by atoms with Gasteiger partial charge in [0.25, 0.3) is 0 Å². The first-order valence-electron chi connectivity index (χ1n) is 6.80. The molecular weight excluding hydrogens is 276 g/mol. The third-order valence-corrected chi connectivity index (χ3v) is 4.64. The van der Waals surface area contributed by atoms with Gasteiger partial charge in [-0.15, -0.1) is 11.8 Å². The Morgan fingerprint density at radius 3 is 1.90 bits per heavy atom. The van der Waals surface area contributed by atoms with Crippen molar-refractivity contribution in [2.45, 2.75) is 10.1 Å². The predicted octanol–water partition coefficient (Wildman–Crippen LogP) is 4.55. The standard InChI is InChI=1S/C18H16N2S/c19-16-11-12-20-13-17(16)21-18(14-7-3-1-4-8-14)15-9-5-2-6-10-15/h1-13,18H,(H2,19,20). The molecule has 0 spiro atoms. The number of benzene rings is 2. The lowest BCUT2D eigenvalue weighted by atomic mass is 10.0. The van der Waals surface area contributed by atoms with Crippen molar-refractivity contribution in [1.29, 1.82) is 0 Å². The van der Waals surface area contributed by atoms with Crippen LogP contribution in [0.15, 0.2) is 84.0 Å². The Labute approximate surface area is 129 Å². The van der Waals surface area contributed by atoms with Gasteiger partial charge in [-0.1, -0.05) is 60.7 Å². The van der Waals surface area contributed by atoms with Crippen LogP contribution < -0.4 is 5.73 Å². The molecule has 0 saturated heterocycles. The zero-order valence-electron chi connectivity index (χ0n) is 11.5. The zero-order valence-corrected chi connectivity index (χ0v) is 12.3. The molecule has 0 radical (unpaired) electrons. The van der Waals surface area contributed by atoms with Gasteiger partial charge in [-0.3, -0.25) is 4.98 Å². The fraction of sp³-hybridized carbons (Fsp3) is 0.0556. The van der Waals surface area contributed by atoms with Gasteiger partial charge in [-0.05, 0) is 17.2 Å². The van der Waals surface area contributed by atoms with E-state index in [2.05, 4.69) is 53.5 Å². The number of hydrogen-bond donors (Lipinski definition) is 1. The average molecular weight is 292 g/mol. The summed E-state index contributed by atoms with van der Waals surface area (Å²) in [6.45, 7) is 0. The third kappa shape index (κ3) is 3.26. The Bertz CT molecular complexity index is 659. The quantitative estimate of drug-likeness (QED) is 0.717. The maximum Gasteiger partial charge on any atom is 0.0595 e. The van der Waals surface area contributed by atoms with E-state index in [1.807, 2.05) is 24.4 Å². The molecule has 1 aromatic heterocycles. The van der Waals surface area contributed by atoms with Gasteiger partial charge in [0, 0.05) is 23.0 Å². The first-order valence-corrected chi connectivity index (χ1v) is 7.68. The fourth-order valence-corrected chi connectivity index (χ4v) is 3.37. The highest BCUT2D eigenvalue weighted by atomic mass is 32.2. The predicted molar refractivity (Wildman–Crippen MR) is 89.2 cm³/mol. The highest BCUT2D eigenvalue weighted by Crippen LogP contribution is 2.41. The number of nitrogens with two attached hydrogens (primary N) is 1. The lowest BCUT2D eigenvalue weighted by Gasteiger charge is -2.18. The molecule has 104 valence electrons. The van der Waals surface area contributed by atoms with Crippen LogP contribution in [0.2, 0.25) is 0 Å². The van der Waals surface area contributed by atoms with E-state index >= 15 is 0 Å². The van der Waals surface area contributed by atoms with Crippen LogP contribution in [0.1, 0.15) is 16.4 Å². The van der Waals surface area contributed by atoms with E-state index in [9.17, 15) is 0 Å². The number of hydrogen-bond acceptors (Lipinski definition) is 3. The van der Waals surface area contributed by atoms with E-state index in [-0.39, 0.29) is 5.25 Å². The van der Waals surface area contributed by atoms with E-state index < -0.39 is 0 Å². The summed E-state index contributed by atoms with van der Waals surface area (Å²) < 4.78 is 0. The summed E-state index contributed by atoms with van der Waals surface area (Å²) >= 11 is 1.73. The van der Waals surface area contributed by atoms with Crippen molar-refractivity contribution < 1.29 is 0 Å². The summed E-state index contributed by atoms with van der Waals surface area (Å²) in [7, 11) is 0. The van der Waals surface area contributed by atoms with Crippen molar-refractivity contribution in [2.75, 3.05) is 5.73 Å². The van der Waals surface area contributed by atoms with Crippen molar-refractivity contribution in [3.8, 4) is 0 Å². The average Bonchev–Trinajstić information content (AvgIpc) is 2.56. The van der Waals surface area contributed by atoms with E-state index in [4.69, 9.17) is 5.73 Å². The first-order chi connectivity index (χ1) is 10.3. The molecule has 0 aliphatic rings. The van der Waals surface area contributed by atoms with Crippen molar-refractivity contribution >= 4 is 17.4 Å². The summed E-state index contributed by atoms with van der Waals surface area (Å²) in [6.07, 6.45) is 3.55. The molecule has 0 bridgehead atoms. The summed E-state index contributed by atoms with van der Waals surface area (Å²) in [5.41, 5.74) is 9.36. The molecule has 0 atom stereocenters. The second kappa shape index (κ2) is 6.46. The molecule has 0 saturated carbocycles. The van der Waals surface area contributed by atoms with E-state index in [0.29, 0.717) is 0 Å². The SMILES string of the molecule is Nc1ccncc1SC(c1ccccc1)c1ccccc1. The molecule has 0 aliphatic heterocycles. The minimum Gasteiger partial charge on any atom is -0.398 e. The molecule has 0 fully saturated rings. The van der Waals surface area contributed by atoms with Gasteiger partial charge >= 0.3 is 0 Å². The molecule has 3 rings (SSSR count). The zero-order chi connectivity index (χ0) is 14.5. The minimum atomic E-state index is 0.207. The summed E-state index contributed by atoms with van der Waals surface area (Å²) in [5.74, 6) is 0. The smallest absolute Gasteiger partial charge is 0.0595 e. The molecule has 0 aliphatic carbocycles. The van der Waals surface area contributed by atoms with Gasteiger partial charge in [0.1, 0.15) is 0 Å². The topological polar surface area (TPSA) is 38.9 Å². The summed E-state index contributed by atoms with van der Waals surface area (Å²) in [6, 6.07) is 22.8. The number of nitrogens with zero attached hydrogens (tertiary/aromatic N) is 1. The van der Waals surface area contributed by atoms with Crippen LogP contribution in [0.5, 0.6) is 0 Å². The summed E-state index contributed by atoms with van der Waals surface area (Å²) in [5, 5.41) is 0.207. The van der Waals surface area contributed by atoms with Gasteiger partial charge in [0.05, 0.1) is 5.25 Å². The van der Waals surface area contributed by atoms with Crippen LogP contribution in [0.3, 0.4) is 0 Å². The number of rotatable bonds is 4. The van der Waals surface area contributed by atoms with Crippen LogP contribution >= 0.6 is 11.8 Å². The van der Waals surface area contributed by atoms with E-state index in [1.54, 1.807) is 18.0 Å². The van der Waals surface area contributed by atoms with E-state index in [0.717, 1.165) is 10.6 Å². The number of thioether (sulfide) groups is 1. The highest BCUT2D eigenvalue weighted by molar-refractivity contribution is 7.99. The Hall–Kier alpha value is -2.26. The number of anilines is 1. The molecule has 3 aromatic rings. The van der Waals surface area contributed by atoms with Gasteiger partial charge in [0.15, 0.2) is 0 Å². The van der Waals surface area contributed by atoms with Crippen molar-refractivity contribution in [3.05, 3.63) is 90.3 Å². The molecule has 2 aromatic carbocycles. The van der Waals surface area contributed by atoms with E-state index in [1.165, 1.54) is 11.1 Å². The van der Waals surface area contributed by atoms with Crippen molar-refractivity contribution in [1.82, 2.24) is 4.98 Å². The van der Waals surface area contributed by atoms with Crippen LogP contribution in [0, 0.1) is 0 Å². The van der Waals surface area contributed by atoms with Crippen LogP contribution in [-0.4, -0.2) is 4.98 Å². The van der Waals surface area contributed by atoms with Gasteiger partial charge in [-0.25, -0.2) is 0 Å². The van der Waals surface area contributed by atoms with Gasteiger partial charge < -0.3 is 5.73 Å². The molecule has 0 amide bonds. The Kier molecular flexibility index (Phi) is 4.22. The molecule has 1 heterocycles. The molecule has 2 nitrogen and oxygen atoms in total. The highest BCUT2D eigenvalue weighted by Gasteiger charge is 2.16. The van der Waals surface area contributed by atoms with Crippen LogP contribution in [-0.2, 0) is 0 Å². The van der Waals surface area contributed by atoms with Crippen molar-refractivity contribution in [2.24, 2.45) is 0 Å². The minimum absolute atomic E-state index is 0.207. The lowest BCUT2D eigenvalue weighted by molar-refractivity contribution is 1.14. The molecule has 2 N–H and O–H groups in total. The normalized spacial score (nSPS) is 10.7. The molecular formula is C18H16N2S.